The van der Waals surface area contributed by atoms with Crippen molar-refractivity contribution >= 4 is 27.7 Å². The first-order chi connectivity index (χ1) is 15.2. The van der Waals surface area contributed by atoms with Crippen LogP contribution in [0.5, 0.6) is 11.5 Å². The Morgan fingerprint density at radius 1 is 1.03 bits per heavy atom. The van der Waals surface area contributed by atoms with E-state index in [1.807, 2.05) is 0 Å². The molecule has 5 N–H and O–H groups in total. The van der Waals surface area contributed by atoms with Gasteiger partial charge < -0.3 is 44.2 Å². The maximum absolute atomic E-state index is 12.4. The first-order valence-corrected chi connectivity index (χ1v) is 9.54. The van der Waals surface area contributed by atoms with Gasteiger partial charge in [0, 0.05) is 16.8 Å². The molecule has 11 heteroatoms. The standard InChI is InChI=1S/C21H20O11/c1-29-8-2-3-10-11(4-8)15-12(19(26)27)5-9(6-13(15)31-20(10)28)30-21-18(25)17(24)16(23)14(7-22)32-21/h2-6,14,16-18,21-25H,7H2,1H3,(H,26,27)/t14-,16-,17+,18-,21-/m1/s1. The predicted octanol–water partition coefficient (Wildman–Crippen LogP) is -0.168. The molecule has 0 spiro atoms. The third kappa shape index (κ3) is 3.66. The second-order valence-corrected chi connectivity index (χ2v) is 7.27. The maximum atomic E-state index is 12.4. The molecule has 0 aliphatic carbocycles. The van der Waals surface area contributed by atoms with Crippen LogP contribution in [0.1, 0.15) is 10.4 Å². The number of carboxylic acid groups (broad SMARTS) is 1. The summed E-state index contributed by atoms with van der Waals surface area (Å²) in [4.78, 5) is 24.4. The molecule has 0 radical (unpaired) electrons. The highest BCUT2D eigenvalue weighted by molar-refractivity contribution is 6.14. The fourth-order valence-corrected chi connectivity index (χ4v) is 3.67. The topological polar surface area (TPSA) is 176 Å². The van der Waals surface area contributed by atoms with Crippen LogP contribution in [0.3, 0.4) is 0 Å². The monoisotopic (exact) mass is 448 g/mol. The fourth-order valence-electron chi connectivity index (χ4n) is 3.67. The van der Waals surface area contributed by atoms with E-state index in [1.54, 1.807) is 6.07 Å². The lowest BCUT2D eigenvalue weighted by Crippen LogP contribution is -2.60. The number of aromatic carboxylic acids is 1. The highest BCUT2D eigenvalue weighted by atomic mass is 16.7. The maximum Gasteiger partial charge on any atom is 0.344 e. The van der Waals surface area contributed by atoms with Crippen molar-refractivity contribution < 1.29 is 49.0 Å². The lowest BCUT2D eigenvalue weighted by atomic mass is 9.99. The average Bonchev–Trinajstić information content (AvgIpc) is 2.78. The van der Waals surface area contributed by atoms with Crippen LogP contribution in [0.15, 0.2) is 39.5 Å². The molecule has 0 amide bonds. The van der Waals surface area contributed by atoms with Gasteiger partial charge >= 0.3 is 11.6 Å². The van der Waals surface area contributed by atoms with Crippen molar-refractivity contribution in [2.75, 3.05) is 13.7 Å². The van der Waals surface area contributed by atoms with Crippen molar-refractivity contribution in [2.24, 2.45) is 0 Å². The van der Waals surface area contributed by atoms with Gasteiger partial charge in [0.1, 0.15) is 41.5 Å². The summed E-state index contributed by atoms with van der Waals surface area (Å²) in [7, 11) is 1.43. The molecule has 32 heavy (non-hydrogen) atoms. The van der Waals surface area contributed by atoms with Crippen molar-refractivity contribution in [1.82, 2.24) is 0 Å². The van der Waals surface area contributed by atoms with Gasteiger partial charge in [0.25, 0.3) is 0 Å². The zero-order chi connectivity index (χ0) is 23.2. The van der Waals surface area contributed by atoms with Crippen molar-refractivity contribution in [3.8, 4) is 11.5 Å². The van der Waals surface area contributed by atoms with Gasteiger partial charge in [-0.05, 0) is 24.3 Å². The molecule has 11 nitrogen and oxygen atoms in total. The number of fused-ring (bicyclic) bond motifs is 3. The molecule has 5 atom stereocenters. The van der Waals surface area contributed by atoms with Crippen molar-refractivity contribution in [3.63, 3.8) is 0 Å². The van der Waals surface area contributed by atoms with Crippen LogP contribution >= 0.6 is 0 Å². The number of methoxy groups -OCH3 is 1. The molecule has 0 unspecified atom stereocenters. The Kier molecular flexibility index (Phi) is 5.75. The third-order valence-corrected chi connectivity index (χ3v) is 5.33. The molecule has 1 aliphatic rings. The molecule has 170 valence electrons. The minimum absolute atomic E-state index is 0.102. The number of aliphatic hydroxyl groups is 4. The number of ether oxygens (including phenoxy) is 3. The Labute approximate surface area is 179 Å². The summed E-state index contributed by atoms with van der Waals surface area (Å²) in [6, 6.07) is 6.90. The van der Waals surface area contributed by atoms with Crippen LogP contribution in [0.2, 0.25) is 0 Å². The van der Waals surface area contributed by atoms with E-state index in [1.165, 1.54) is 25.3 Å². The molecule has 0 bridgehead atoms. The van der Waals surface area contributed by atoms with Crippen LogP contribution < -0.4 is 15.1 Å². The van der Waals surface area contributed by atoms with Crippen LogP contribution in [0.4, 0.5) is 0 Å². The fraction of sp³-hybridized carbons (Fsp3) is 0.333. The number of carbonyl (C=O) groups is 1. The van der Waals surface area contributed by atoms with Gasteiger partial charge in [0.15, 0.2) is 0 Å². The second-order valence-electron chi connectivity index (χ2n) is 7.27. The lowest BCUT2D eigenvalue weighted by molar-refractivity contribution is -0.277. The van der Waals surface area contributed by atoms with E-state index >= 15 is 0 Å². The van der Waals surface area contributed by atoms with Gasteiger partial charge in [-0.3, -0.25) is 0 Å². The van der Waals surface area contributed by atoms with Gasteiger partial charge in [0.05, 0.1) is 24.7 Å². The summed E-state index contributed by atoms with van der Waals surface area (Å²) in [6.45, 7) is -0.661. The van der Waals surface area contributed by atoms with Crippen molar-refractivity contribution in [2.45, 2.75) is 30.7 Å². The number of benzene rings is 2. The number of rotatable bonds is 5. The van der Waals surface area contributed by atoms with E-state index in [2.05, 4.69) is 0 Å². The van der Waals surface area contributed by atoms with E-state index in [-0.39, 0.29) is 27.7 Å². The van der Waals surface area contributed by atoms with E-state index in [9.17, 15) is 35.1 Å². The Bertz CT molecular complexity index is 1230. The third-order valence-electron chi connectivity index (χ3n) is 5.33. The molecular weight excluding hydrogens is 428 g/mol. The van der Waals surface area contributed by atoms with Gasteiger partial charge in [-0.15, -0.1) is 0 Å². The molecule has 3 aromatic rings. The quantitative estimate of drug-likeness (QED) is 0.259. The van der Waals surface area contributed by atoms with E-state index in [0.29, 0.717) is 11.1 Å². The van der Waals surface area contributed by atoms with Crippen molar-refractivity contribution in [3.05, 3.63) is 46.3 Å². The van der Waals surface area contributed by atoms with E-state index in [4.69, 9.17) is 18.6 Å². The minimum atomic E-state index is -1.70. The average molecular weight is 448 g/mol. The SMILES string of the molecule is COc1ccc2c(=O)oc3cc(O[C@@H]4O[C@H](CO)[C@@H](O)[C@H](O)[C@H]4O)cc(C(=O)O)c3c2c1. The number of aliphatic hydroxyl groups excluding tert-OH is 4. The molecule has 1 fully saturated rings. The Morgan fingerprint density at radius 2 is 1.78 bits per heavy atom. The van der Waals surface area contributed by atoms with E-state index < -0.39 is 48.9 Å². The first-order valence-electron chi connectivity index (χ1n) is 9.54. The molecule has 1 aromatic heterocycles. The molecule has 1 saturated heterocycles. The molecule has 0 saturated carbocycles. The van der Waals surface area contributed by atoms with Crippen LogP contribution in [0, 0.1) is 0 Å². The Hall–Kier alpha value is -3.22. The molecular formula is C21H20O11. The molecule has 1 aliphatic heterocycles. The normalized spacial score (nSPS) is 25.7. The van der Waals surface area contributed by atoms with Crippen LogP contribution in [-0.4, -0.2) is 75.9 Å². The number of hydrogen-bond acceptors (Lipinski definition) is 10. The van der Waals surface area contributed by atoms with Crippen LogP contribution in [0.25, 0.3) is 21.7 Å². The van der Waals surface area contributed by atoms with Gasteiger partial charge in [-0.2, -0.15) is 0 Å². The summed E-state index contributed by atoms with van der Waals surface area (Å²) < 4.78 is 21.3. The molecule has 2 heterocycles. The zero-order valence-corrected chi connectivity index (χ0v) is 16.7. The Morgan fingerprint density at radius 3 is 2.44 bits per heavy atom. The van der Waals surface area contributed by atoms with Gasteiger partial charge in [-0.25, -0.2) is 9.59 Å². The number of hydrogen-bond donors (Lipinski definition) is 5. The van der Waals surface area contributed by atoms with Gasteiger partial charge in [0.2, 0.25) is 6.29 Å². The number of carboxylic acids is 1. The van der Waals surface area contributed by atoms with Crippen LogP contribution in [-0.2, 0) is 4.74 Å². The van der Waals surface area contributed by atoms with Crippen molar-refractivity contribution in [1.29, 1.82) is 0 Å². The smallest absolute Gasteiger partial charge is 0.344 e. The highest BCUT2D eigenvalue weighted by Gasteiger charge is 2.44. The second kappa shape index (κ2) is 8.37. The summed E-state index contributed by atoms with van der Waals surface area (Å²) in [5, 5.41) is 49.7. The summed E-state index contributed by atoms with van der Waals surface area (Å²) in [5.41, 5.74) is -1.07. The Balaban J connectivity index is 1.85. The first kappa shape index (κ1) is 22.0. The predicted molar refractivity (Wildman–Crippen MR) is 108 cm³/mol. The van der Waals surface area contributed by atoms with E-state index in [0.717, 1.165) is 6.07 Å². The lowest BCUT2D eigenvalue weighted by Gasteiger charge is -2.39. The highest BCUT2D eigenvalue weighted by Crippen LogP contribution is 2.33. The largest absolute Gasteiger partial charge is 0.497 e. The molecule has 2 aromatic carbocycles. The van der Waals surface area contributed by atoms with Gasteiger partial charge in [-0.1, -0.05) is 0 Å². The minimum Gasteiger partial charge on any atom is -0.497 e. The summed E-state index contributed by atoms with van der Waals surface area (Å²) in [5.74, 6) is -1.08. The summed E-state index contributed by atoms with van der Waals surface area (Å²) in [6.07, 6.45) is -7.73. The molecule has 4 rings (SSSR count). The zero-order valence-electron chi connectivity index (χ0n) is 16.7. The summed E-state index contributed by atoms with van der Waals surface area (Å²) >= 11 is 0.